The molecule has 1 saturated heterocycles. The highest BCUT2D eigenvalue weighted by atomic mass is 16.4. The highest BCUT2D eigenvalue weighted by Gasteiger charge is 2.18. The molecule has 2 heterocycles. The minimum atomic E-state index is -0.198. The van der Waals surface area contributed by atoms with Crippen LogP contribution in [0.15, 0.2) is 4.42 Å². The van der Waals surface area contributed by atoms with E-state index in [1.54, 1.807) is 0 Å². The summed E-state index contributed by atoms with van der Waals surface area (Å²) in [5.74, 6) is 0.507. The smallest absolute Gasteiger partial charge is 0.318 e. The molecule has 0 radical (unpaired) electrons. The summed E-state index contributed by atoms with van der Waals surface area (Å²) < 4.78 is 5.54. The summed E-state index contributed by atoms with van der Waals surface area (Å²) in [6.45, 7) is 5.87. The molecule has 1 aliphatic rings. The third-order valence-corrected chi connectivity index (χ3v) is 2.81. The molecule has 0 aliphatic carbocycles. The molecule has 1 aromatic heterocycles. The lowest BCUT2D eigenvalue weighted by Crippen LogP contribution is -2.28. The van der Waals surface area contributed by atoms with Gasteiger partial charge in [0.25, 0.3) is 0 Å². The third-order valence-electron chi connectivity index (χ3n) is 2.81. The highest BCUT2D eigenvalue weighted by Crippen LogP contribution is 2.17. The molecule has 90 valence electrons. The zero-order chi connectivity index (χ0) is 11.5. The Hall–Kier alpha value is -1.14. The van der Waals surface area contributed by atoms with Crippen LogP contribution < -0.4 is 10.6 Å². The summed E-state index contributed by atoms with van der Waals surface area (Å²) in [6, 6.07) is 0.401. The molecule has 0 amide bonds. The largest absolute Gasteiger partial charge is 0.406 e. The van der Waals surface area contributed by atoms with E-state index in [4.69, 9.17) is 10.2 Å². The standard InChI is InChI=1S/C10H19N5O/c1-8(11)9-12-13-10(16-9)15-5-3-4-14(2)6-7-15/h8H,3-7,11H2,1-2H3. The fourth-order valence-corrected chi connectivity index (χ4v) is 1.78. The van der Waals surface area contributed by atoms with Crippen molar-refractivity contribution in [1.29, 1.82) is 0 Å². The number of rotatable bonds is 2. The van der Waals surface area contributed by atoms with E-state index < -0.39 is 0 Å². The maximum Gasteiger partial charge on any atom is 0.318 e. The van der Waals surface area contributed by atoms with Crippen LogP contribution in [0.25, 0.3) is 0 Å². The second kappa shape index (κ2) is 4.80. The van der Waals surface area contributed by atoms with Crippen molar-refractivity contribution < 1.29 is 4.42 Å². The first-order valence-corrected chi connectivity index (χ1v) is 5.69. The van der Waals surface area contributed by atoms with E-state index in [1.807, 2.05) is 6.92 Å². The van der Waals surface area contributed by atoms with Gasteiger partial charge in [-0.3, -0.25) is 0 Å². The summed E-state index contributed by atoms with van der Waals surface area (Å²) in [7, 11) is 2.13. The molecule has 16 heavy (non-hydrogen) atoms. The fourth-order valence-electron chi connectivity index (χ4n) is 1.78. The Bertz CT molecular complexity index is 338. The number of anilines is 1. The topological polar surface area (TPSA) is 71.4 Å². The number of hydrogen-bond acceptors (Lipinski definition) is 6. The van der Waals surface area contributed by atoms with Crippen molar-refractivity contribution in [2.24, 2.45) is 5.73 Å². The lowest BCUT2D eigenvalue weighted by Gasteiger charge is -2.17. The van der Waals surface area contributed by atoms with E-state index in [1.165, 1.54) is 0 Å². The van der Waals surface area contributed by atoms with Crippen LogP contribution in [0.3, 0.4) is 0 Å². The lowest BCUT2D eigenvalue weighted by molar-refractivity contribution is 0.359. The van der Waals surface area contributed by atoms with Crippen LogP contribution in [0, 0.1) is 0 Å². The molecule has 1 fully saturated rings. The maximum atomic E-state index is 5.69. The van der Waals surface area contributed by atoms with Gasteiger partial charge >= 0.3 is 6.01 Å². The van der Waals surface area contributed by atoms with Crippen LogP contribution in [0.2, 0.25) is 0 Å². The van der Waals surface area contributed by atoms with Gasteiger partial charge < -0.3 is 20.0 Å². The van der Waals surface area contributed by atoms with Gasteiger partial charge in [0.2, 0.25) is 5.89 Å². The second-order valence-corrected chi connectivity index (χ2v) is 4.36. The summed E-state index contributed by atoms with van der Waals surface area (Å²) in [4.78, 5) is 4.44. The molecule has 2 N–H and O–H groups in total. The molecule has 0 spiro atoms. The van der Waals surface area contributed by atoms with E-state index >= 15 is 0 Å². The Morgan fingerprint density at radius 1 is 1.25 bits per heavy atom. The fraction of sp³-hybridized carbons (Fsp3) is 0.800. The van der Waals surface area contributed by atoms with Crippen molar-refractivity contribution in [3.05, 3.63) is 5.89 Å². The predicted molar refractivity (Wildman–Crippen MR) is 61.2 cm³/mol. The van der Waals surface area contributed by atoms with Crippen molar-refractivity contribution in [3.63, 3.8) is 0 Å². The number of nitrogens with zero attached hydrogens (tertiary/aromatic N) is 4. The first kappa shape index (κ1) is 11.3. The minimum absolute atomic E-state index is 0.198. The molecule has 0 saturated carbocycles. The zero-order valence-electron chi connectivity index (χ0n) is 9.89. The van der Waals surface area contributed by atoms with Crippen molar-refractivity contribution in [1.82, 2.24) is 15.1 Å². The number of nitrogens with two attached hydrogens (primary N) is 1. The zero-order valence-corrected chi connectivity index (χ0v) is 9.89. The van der Waals surface area contributed by atoms with Gasteiger partial charge in [-0.05, 0) is 26.9 Å². The van der Waals surface area contributed by atoms with Crippen molar-refractivity contribution in [3.8, 4) is 0 Å². The quantitative estimate of drug-likeness (QED) is 0.777. The minimum Gasteiger partial charge on any atom is -0.406 e. The summed E-state index contributed by atoms with van der Waals surface area (Å²) in [6.07, 6.45) is 1.12. The molecular weight excluding hydrogens is 206 g/mol. The van der Waals surface area contributed by atoms with Crippen LogP contribution in [0.5, 0.6) is 0 Å². The Morgan fingerprint density at radius 3 is 2.75 bits per heavy atom. The van der Waals surface area contributed by atoms with E-state index in [-0.39, 0.29) is 6.04 Å². The van der Waals surface area contributed by atoms with Crippen LogP contribution in [0.1, 0.15) is 25.3 Å². The van der Waals surface area contributed by atoms with Crippen molar-refractivity contribution in [2.45, 2.75) is 19.4 Å². The van der Waals surface area contributed by atoms with Gasteiger partial charge in [0.15, 0.2) is 0 Å². The molecule has 2 rings (SSSR count). The molecule has 0 bridgehead atoms. The van der Waals surface area contributed by atoms with Crippen molar-refractivity contribution >= 4 is 6.01 Å². The number of hydrogen-bond donors (Lipinski definition) is 1. The summed E-state index contributed by atoms with van der Waals surface area (Å²) in [5, 5.41) is 7.98. The maximum absolute atomic E-state index is 5.69. The predicted octanol–water partition coefficient (Wildman–Crippen LogP) is 0.231. The van der Waals surface area contributed by atoms with Gasteiger partial charge in [-0.1, -0.05) is 5.10 Å². The molecule has 1 aromatic rings. The van der Waals surface area contributed by atoms with Crippen molar-refractivity contribution in [2.75, 3.05) is 38.1 Å². The highest BCUT2D eigenvalue weighted by molar-refractivity contribution is 5.24. The van der Waals surface area contributed by atoms with Gasteiger partial charge in [-0.2, -0.15) is 0 Å². The molecular formula is C10H19N5O. The van der Waals surface area contributed by atoms with Gasteiger partial charge in [0, 0.05) is 19.6 Å². The van der Waals surface area contributed by atoms with E-state index in [2.05, 4.69) is 27.0 Å². The van der Waals surface area contributed by atoms with E-state index in [0.29, 0.717) is 11.9 Å². The van der Waals surface area contributed by atoms with Gasteiger partial charge in [0.05, 0.1) is 6.04 Å². The Balaban J connectivity index is 2.05. The van der Waals surface area contributed by atoms with E-state index in [0.717, 1.165) is 32.6 Å². The first-order chi connectivity index (χ1) is 7.66. The van der Waals surface area contributed by atoms with Gasteiger partial charge in [-0.15, -0.1) is 5.10 Å². The summed E-state index contributed by atoms with van der Waals surface area (Å²) in [5.41, 5.74) is 5.69. The molecule has 6 heteroatoms. The molecule has 1 atom stereocenters. The molecule has 0 aromatic carbocycles. The monoisotopic (exact) mass is 225 g/mol. The van der Waals surface area contributed by atoms with Crippen LogP contribution in [0.4, 0.5) is 6.01 Å². The Morgan fingerprint density at radius 2 is 2.06 bits per heavy atom. The average Bonchev–Trinajstić information content (AvgIpc) is 2.63. The lowest BCUT2D eigenvalue weighted by atomic mass is 10.4. The average molecular weight is 225 g/mol. The number of likely N-dealkylation sites (N-methyl/N-ethyl adjacent to an activating group) is 1. The van der Waals surface area contributed by atoms with Gasteiger partial charge in [-0.25, -0.2) is 0 Å². The van der Waals surface area contributed by atoms with Crippen LogP contribution >= 0.6 is 0 Å². The second-order valence-electron chi connectivity index (χ2n) is 4.36. The van der Waals surface area contributed by atoms with Gasteiger partial charge in [0.1, 0.15) is 0 Å². The normalized spacial score (nSPS) is 20.8. The SMILES string of the molecule is CC(N)c1nnc(N2CCCN(C)CC2)o1. The molecule has 6 nitrogen and oxygen atoms in total. The number of aromatic nitrogens is 2. The first-order valence-electron chi connectivity index (χ1n) is 5.69. The summed E-state index contributed by atoms with van der Waals surface area (Å²) >= 11 is 0. The Labute approximate surface area is 95.4 Å². The van der Waals surface area contributed by atoms with Crippen LogP contribution in [-0.4, -0.2) is 48.3 Å². The van der Waals surface area contributed by atoms with E-state index in [9.17, 15) is 0 Å². The van der Waals surface area contributed by atoms with Crippen LogP contribution in [-0.2, 0) is 0 Å². The Kier molecular flexibility index (Phi) is 3.40. The third kappa shape index (κ3) is 2.51. The molecule has 1 aliphatic heterocycles. The molecule has 1 unspecified atom stereocenters.